The molecule has 1 aromatic carbocycles. The summed E-state index contributed by atoms with van der Waals surface area (Å²) in [7, 11) is 1.60. The van der Waals surface area contributed by atoms with E-state index in [2.05, 4.69) is 0 Å². The third-order valence-corrected chi connectivity index (χ3v) is 1.33. The minimum absolute atomic E-state index is 0. The first-order valence-electron chi connectivity index (χ1n) is 3.08. The summed E-state index contributed by atoms with van der Waals surface area (Å²) in [6, 6.07) is 7.11. The van der Waals surface area contributed by atoms with Crippen LogP contribution in [0.3, 0.4) is 0 Å². The Balaban J connectivity index is 0.000001000. The molecule has 0 aliphatic heterocycles. The summed E-state index contributed by atoms with van der Waals surface area (Å²) in [6.45, 7) is -0.163. The first-order chi connectivity index (χ1) is 4.86. The van der Waals surface area contributed by atoms with Crippen molar-refractivity contribution in [3.05, 3.63) is 29.8 Å². The number of methoxy groups -OCH3 is 1. The molecule has 0 aromatic heterocycles. The van der Waals surface area contributed by atoms with E-state index < -0.39 is 0 Å². The van der Waals surface area contributed by atoms with E-state index in [-0.39, 0.29) is 25.5 Å². The van der Waals surface area contributed by atoms with E-state index in [1.165, 1.54) is 0 Å². The molecule has 0 unspecified atom stereocenters. The second kappa shape index (κ2) is 5.26. The first kappa shape index (κ1) is 10.6. The van der Waals surface area contributed by atoms with Crippen molar-refractivity contribution in [1.29, 1.82) is 0 Å². The molecule has 0 bridgehead atoms. The second-order valence-corrected chi connectivity index (χ2v) is 1.99. The Bertz CT molecular complexity index is 173. The van der Waals surface area contributed by atoms with Crippen molar-refractivity contribution < 1.29 is 28.7 Å². The van der Waals surface area contributed by atoms with Crippen molar-refractivity contribution >= 4 is 0 Å². The van der Waals surface area contributed by atoms with Gasteiger partial charge in [0.25, 0.3) is 0 Å². The SMILES string of the molecule is COc1ccc(C[O-])cc1.[Li+]. The molecule has 0 N–H and O–H groups in total. The van der Waals surface area contributed by atoms with Gasteiger partial charge >= 0.3 is 18.9 Å². The van der Waals surface area contributed by atoms with Crippen LogP contribution >= 0.6 is 0 Å². The van der Waals surface area contributed by atoms with Crippen molar-refractivity contribution in [3.63, 3.8) is 0 Å². The van der Waals surface area contributed by atoms with Crippen molar-refractivity contribution in [3.8, 4) is 5.75 Å². The molecule has 3 heteroatoms. The molecule has 0 amide bonds. The molecule has 0 heterocycles. The van der Waals surface area contributed by atoms with Crippen LogP contribution in [0.4, 0.5) is 0 Å². The van der Waals surface area contributed by atoms with Crippen molar-refractivity contribution in [2.75, 3.05) is 7.11 Å². The van der Waals surface area contributed by atoms with Crippen LogP contribution in [0.1, 0.15) is 5.56 Å². The molecule has 1 rings (SSSR count). The monoisotopic (exact) mass is 144 g/mol. The van der Waals surface area contributed by atoms with Gasteiger partial charge in [0.05, 0.1) is 7.11 Å². The summed E-state index contributed by atoms with van der Waals surface area (Å²) >= 11 is 0. The molecule has 1 aromatic rings. The minimum Gasteiger partial charge on any atom is -0.851 e. The average Bonchev–Trinajstić information content (AvgIpc) is 2.05. The maximum atomic E-state index is 10.3. The van der Waals surface area contributed by atoms with Gasteiger partial charge in [0.15, 0.2) is 0 Å². The van der Waals surface area contributed by atoms with Crippen molar-refractivity contribution in [2.45, 2.75) is 6.61 Å². The largest absolute Gasteiger partial charge is 1.00 e. The predicted octanol–water partition coefficient (Wildman–Crippen LogP) is -2.44. The van der Waals surface area contributed by atoms with Crippen molar-refractivity contribution in [1.82, 2.24) is 0 Å². The third kappa shape index (κ3) is 2.98. The molecule has 0 fully saturated rings. The summed E-state index contributed by atoms with van der Waals surface area (Å²) in [6.07, 6.45) is 0. The summed E-state index contributed by atoms with van der Waals surface area (Å²) < 4.78 is 4.91. The van der Waals surface area contributed by atoms with E-state index in [1.807, 2.05) is 0 Å². The van der Waals surface area contributed by atoms with Gasteiger partial charge in [-0.2, -0.15) is 0 Å². The zero-order valence-corrected chi connectivity index (χ0v) is 6.83. The topological polar surface area (TPSA) is 32.3 Å². The summed E-state index contributed by atoms with van der Waals surface area (Å²) in [5.74, 6) is 0.789. The van der Waals surface area contributed by atoms with Crippen LogP contribution in [0, 0.1) is 0 Å². The van der Waals surface area contributed by atoms with Crippen molar-refractivity contribution in [2.24, 2.45) is 0 Å². The molecular formula is C8H9LiO2. The van der Waals surface area contributed by atoms with E-state index in [4.69, 9.17) is 4.74 Å². The molecule has 54 valence electrons. The Labute approximate surface area is 78.4 Å². The number of rotatable bonds is 2. The van der Waals surface area contributed by atoms with Gasteiger partial charge in [-0.05, 0) is 12.1 Å². The number of hydrogen-bond donors (Lipinski definition) is 0. The summed E-state index contributed by atoms with van der Waals surface area (Å²) in [5.41, 5.74) is 0.792. The Morgan fingerprint density at radius 1 is 1.27 bits per heavy atom. The van der Waals surface area contributed by atoms with E-state index in [0.717, 1.165) is 11.3 Å². The minimum atomic E-state index is -0.163. The standard InChI is InChI=1S/C8H9O2.Li/c1-10-8-4-2-7(6-9)3-5-8;/h2-5H,6H2,1H3;/q-1;+1. The number of hydrogen-bond acceptors (Lipinski definition) is 2. The fourth-order valence-corrected chi connectivity index (χ4v) is 0.722. The van der Waals surface area contributed by atoms with Gasteiger partial charge in [-0.25, -0.2) is 0 Å². The van der Waals surface area contributed by atoms with Crippen LogP contribution in [0.2, 0.25) is 0 Å². The fourth-order valence-electron chi connectivity index (χ4n) is 0.722. The summed E-state index contributed by atoms with van der Waals surface area (Å²) in [4.78, 5) is 0. The molecular weight excluding hydrogens is 135 g/mol. The maximum absolute atomic E-state index is 10.3. The molecule has 0 aliphatic carbocycles. The Hall–Kier alpha value is -0.423. The predicted molar refractivity (Wildman–Crippen MR) is 36.7 cm³/mol. The third-order valence-electron chi connectivity index (χ3n) is 1.33. The zero-order chi connectivity index (χ0) is 7.40. The second-order valence-electron chi connectivity index (χ2n) is 1.99. The quantitative estimate of drug-likeness (QED) is 0.432. The van der Waals surface area contributed by atoms with Crippen LogP contribution in [-0.2, 0) is 6.61 Å². The molecule has 0 saturated carbocycles. The number of ether oxygens (including phenoxy) is 1. The van der Waals surface area contributed by atoms with Gasteiger partial charge in [-0.1, -0.05) is 17.7 Å². The Kier molecular flexibility index (Phi) is 5.06. The van der Waals surface area contributed by atoms with Crippen LogP contribution in [-0.4, -0.2) is 7.11 Å². The molecule has 2 nitrogen and oxygen atoms in total. The van der Waals surface area contributed by atoms with Gasteiger partial charge in [0, 0.05) is 0 Å². The molecule has 0 spiro atoms. The fraction of sp³-hybridized carbons (Fsp3) is 0.250. The molecule has 0 atom stereocenters. The molecule has 0 aliphatic rings. The van der Waals surface area contributed by atoms with Gasteiger partial charge in [-0.3, -0.25) is 0 Å². The first-order valence-corrected chi connectivity index (χ1v) is 3.08. The maximum Gasteiger partial charge on any atom is 1.00 e. The molecule has 11 heavy (non-hydrogen) atoms. The molecule has 0 saturated heterocycles. The Morgan fingerprint density at radius 3 is 2.18 bits per heavy atom. The van der Waals surface area contributed by atoms with Gasteiger partial charge in [0.1, 0.15) is 5.75 Å². The smallest absolute Gasteiger partial charge is 0.851 e. The van der Waals surface area contributed by atoms with E-state index in [1.54, 1.807) is 31.4 Å². The Morgan fingerprint density at radius 2 is 1.82 bits per heavy atom. The van der Waals surface area contributed by atoms with E-state index in [0.29, 0.717) is 0 Å². The summed E-state index contributed by atoms with van der Waals surface area (Å²) in [5, 5.41) is 10.3. The molecule has 0 radical (unpaired) electrons. The van der Waals surface area contributed by atoms with Crippen LogP contribution in [0.5, 0.6) is 5.75 Å². The normalized spacial score (nSPS) is 8.55. The van der Waals surface area contributed by atoms with E-state index in [9.17, 15) is 5.11 Å². The number of benzene rings is 1. The van der Waals surface area contributed by atoms with Crippen LogP contribution in [0.15, 0.2) is 24.3 Å². The van der Waals surface area contributed by atoms with Gasteiger partial charge in [0.2, 0.25) is 0 Å². The van der Waals surface area contributed by atoms with Crippen LogP contribution in [0.25, 0.3) is 0 Å². The van der Waals surface area contributed by atoms with Crippen LogP contribution < -0.4 is 28.7 Å². The zero-order valence-electron chi connectivity index (χ0n) is 6.83. The van der Waals surface area contributed by atoms with Gasteiger partial charge in [-0.15, -0.1) is 6.61 Å². The van der Waals surface area contributed by atoms with E-state index >= 15 is 0 Å². The van der Waals surface area contributed by atoms with Gasteiger partial charge < -0.3 is 9.84 Å². The average molecular weight is 144 g/mol.